The Labute approximate surface area is 158 Å². The molecule has 0 aliphatic heterocycles. The Morgan fingerprint density at radius 2 is 1.85 bits per heavy atom. The van der Waals surface area contributed by atoms with Crippen molar-refractivity contribution in [1.29, 1.82) is 0 Å². The van der Waals surface area contributed by atoms with E-state index in [-0.39, 0.29) is 11.1 Å². The molecule has 0 saturated heterocycles. The number of hydrogen-bond donors (Lipinski definition) is 1. The molecule has 0 fully saturated rings. The lowest BCUT2D eigenvalue weighted by atomic mass is 10.1. The maximum Gasteiger partial charge on any atom is 0.335 e. The van der Waals surface area contributed by atoms with Crippen LogP contribution >= 0.6 is 0 Å². The summed E-state index contributed by atoms with van der Waals surface area (Å²) in [5.41, 5.74) is 0.492. The highest BCUT2D eigenvalue weighted by atomic mass is 32.2. The van der Waals surface area contributed by atoms with E-state index < -0.39 is 9.84 Å². The van der Waals surface area contributed by atoms with Crippen LogP contribution in [0.2, 0.25) is 0 Å². The van der Waals surface area contributed by atoms with E-state index in [1.807, 2.05) is 0 Å². The fraction of sp³-hybridized carbons (Fsp3) is 0.471. The predicted octanol–water partition coefficient (Wildman–Crippen LogP) is 1.63. The Kier molecular flexibility index (Phi) is 7.17. The number of nitrogens with zero attached hydrogens (tertiary/aromatic N) is 2. The molecule has 1 heterocycles. The average molecular weight is 397 g/mol. The van der Waals surface area contributed by atoms with Crippen molar-refractivity contribution < 1.29 is 27.1 Å². The molecule has 148 valence electrons. The van der Waals surface area contributed by atoms with E-state index in [4.69, 9.17) is 13.9 Å². The molecule has 0 saturated carbocycles. The van der Waals surface area contributed by atoms with Gasteiger partial charge in [0.1, 0.15) is 0 Å². The SMILES string of the molecule is COc1ccc(C(=O)NCCCCCc2nnc(S(C)(=O)=O)o2)cc1OC. The van der Waals surface area contributed by atoms with Gasteiger partial charge in [-0.2, -0.15) is 0 Å². The number of sulfone groups is 1. The molecule has 0 aliphatic rings. The van der Waals surface area contributed by atoms with Crippen LogP contribution in [-0.4, -0.2) is 51.5 Å². The molecule has 2 rings (SSSR count). The van der Waals surface area contributed by atoms with Gasteiger partial charge in [0.2, 0.25) is 15.7 Å². The van der Waals surface area contributed by atoms with Crippen LogP contribution < -0.4 is 14.8 Å². The zero-order chi connectivity index (χ0) is 19.9. The highest BCUT2D eigenvalue weighted by Gasteiger charge is 2.16. The monoisotopic (exact) mass is 397 g/mol. The van der Waals surface area contributed by atoms with E-state index in [0.29, 0.717) is 35.9 Å². The van der Waals surface area contributed by atoms with E-state index in [0.717, 1.165) is 25.5 Å². The molecule has 9 nitrogen and oxygen atoms in total. The number of hydrogen-bond acceptors (Lipinski definition) is 8. The molecule has 0 atom stereocenters. The molecular weight excluding hydrogens is 374 g/mol. The number of benzene rings is 1. The second-order valence-electron chi connectivity index (χ2n) is 5.87. The summed E-state index contributed by atoms with van der Waals surface area (Å²) in [6.07, 6.45) is 3.85. The minimum absolute atomic E-state index is 0.189. The highest BCUT2D eigenvalue weighted by Crippen LogP contribution is 2.27. The predicted molar refractivity (Wildman–Crippen MR) is 96.8 cm³/mol. The number of unbranched alkanes of at least 4 members (excludes halogenated alkanes) is 2. The van der Waals surface area contributed by atoms with Gasteiger partial charge in [0, 0.05) is 24.8 Å². The molecule has 0 unspecified atom stereocenters. The number of ether oxygens (including phenoxy) is 2. The van der Waals surface area contributed by atoms with Crippen LogP contribution in [0.3, 0.4) is 0 Å². The first-order valence-corrected chi connectivity index (χ1v) is 10.3. The molecule has 1 aromatic carbocycles. The van der Waals surface area contributed by atoms with E-state index in [1.165, 1.54) is 14.2 Å². The first-order chi connectivity index (χ1) is 12.8. The van der Waals surface area contributed by atoms with Crippen molar-refractivity contribution >= 4 is 15.7 Å². The zero-order valence-electron chi connectivity index (χ0n) is 15.5. The van der Waals surface area contributed by atoms with Gasteiger partial charge >= 0.3 is 5.22 Å². The van der Waals surface area contributed by atoms with E-state index >= 15 is 0 Å². The number of rotatable bonds is 10. The second-order valence-corrected chi connectivity index (χ2v) is 7.76. The van der Waals surface area contributed by atoms with Crippen molar-refractivity contribution in [2.75, 3.05) is 27.0 Å². The molecule has 0 bridgehead atoms. The number of carbonyl (C=O) groups is 1. The third kappa shape index (κ3) is 5.95. The lowest BCUT2D eigenvalue weighted by Gasteiger charge is -2.10. The number of methoxy groups -OCH3 is 2. The zero-order valence-corrected chi connectivity index (χ0v) is 16.3. The maximum atomic E-state index is 12.2. The van der Waals surface area contributed by atoms with Crippen LogP contribution in [0.25, 0.3) is 0 Å². The van der Waals surface area contributed by atoms with Gasteiger partial charge in [-0.05, 0) is 31.0 Å². The van der Waals surface area contributed by atoms with Gasteiger partial charge in [-0.25, -0.2) is 8.42 Å². The second kappa shape index (κ2) is 9.36. The largest absolute Gasteiger partial charge is 0.493 e. The van der Waals surface area contributed by atoms with Gasteiger partial charge in [0.15, 0.2) is 11.5 Å². The number of aryl methyl sites for hydroxylation is 1. The molecule has 1 aromatic heterocycles. The van der Waals surface area contributed by atoms with E-state index in [1.54, 1.807) is 18.2 Å². The van der Waals surface area contributed by atoms with E-state index in [2.05, 4.69) is 15.5 Å². The molecule has 1 amide bonds. The van der Waals surface area contributed by atoms with Crippen LogP contribution in [0, 0.1) is 0 Å². The average Bonchev–Trinajstić information content (AvgIpc) is 3.13. The molecule has 0 aliphatic carbocycles. The minimum Gasteiger partial charge on any atom is -0.493 e. The Balaban J connectivity index is 1.71. The van der Waals surface area contributed by atoms with Crippen LogP contribution in [0.4, 0.5) is 0 Å². The van der Waals surface area contributed by atoms with Crippen LogP contribution in [0.1, 0.15) is 35.5 Å². The van der Waals surface area contributed by atoms with Crippen molar-refractivity contribution in [3.8, 4) is 11.5 Å². The molecule has 0 radical (unpaired) electrons. The first-order valence-electron chi connectivity index (χ1n) is 8.38. The Morgan fingerprint density at radius 1 is 1.11 bits per heavy atom. The topological polar surface area (TPSA) is 121 Å². The van der Waals surface area contributed by atoms with Crippen molar-refractivity contribution in [3.05, 3.63) is 29.7 Å². The summed E-state index contributed by atoms with van der Waals surface area (Å²) in [7, 11) is -0.420. The number of carbonyl (C=O) groups excluding carboxylic acids is 1. The smallest absolute Gasteiger partial charge is 0.335 e. The summed E-state index contributed by atoms with van der Waals surface area (Å²) in [5.74, 6) is 1.17. The van der Waals surface area contributed by atoms with E-state index in [9.17, 15) is 13.2 Å². The first kappa shape index (κ1) is 20.7. The molecule has 27 heavy (non-hydrogen) atoms. The quantitative estimate of drug-likeness (QED) is 0.601. The molecule has 1 N–H and O–H groups in total. The Hall–Kier alpha value is -2.62. The summed E-state index contributed by atoms with van der Waals surface area (Å²) in [5, 5.41) is 9.70. The van der Waals surface area contributed by atoms with Crippen molar-refractivity contribution in [2.45, 2.75) is 30.9 Å². The summed E-state index contributed by atoms with van der Waals surface area (Å²) in [4.78, 5) is 12.2. The molecule has 2 aromatic rings. The van der Waals surface area contributed by atoms with Gasteiger partial charge in [-0.15, -0.1) is 5.10 Å². The maximum absolute atomic E-state index is 12.2. The van der Waals surface area contributed by atoms with Gasteiger partial charge in [0.05, 0.1) is 14.2 Å². The summed E-state index contributed by atoms with van der Waals surface area (Å²) in [6, 6.07) is 4.98. The summed E-state index contributed by atoms with van der Waals surface area (Å²) in [6.45, 7) is 0.519. The third-order valence-electron chi connectivity index (χ3n) is 3.76. The normalized spacial score (nSPS) is 11.2. The fourth-order valence-corrected chi connectivity index (χ4v) is 2.79. The van der Waals surface area contributed by atoms with Gasteiger partial charge in [0.25, 0.3) is 5.91 Å². The number of amides is 1. The third-order valence-corrected chi connectivity index (χ3v) is 4.56. The van der Waals surface area contributed by atoms with Crippen LogP contribution in [-0.2, 0) is 16.3 Å². The van der Waals surface area contributed by atoms with Crippen molar-refractivity contribution in [2.24, 2.45) is 0 Å². The minimum atomic E-state index is -3.47. The lowest BCUT2D eigenvalue weighted by molar-refractivity contribution is 0.0952. The molecule has 10 heteroatoms. The highest BCUT2D eigenvalue weighted by molar-refractivity contribution is 7.90. The van der Waals surface area contributed by atoms with Gasteiger partial charge in [-0.3, -0.25) is 4.79 Å². The lowest BCUT2D eigenvalue weighted by Crippen LogP contribution is -2.24. The Morgan fingerprint density at radius 3 is 2.48 bits per heavy atom. The fourth-order valence-electron chi connectivity index (χ4n) is 2.35. The number of aromatic nitrogens is 2. The van der Waals surface area contributed by atoms with Gasteiger partial charge in [-0.1, -0.05) is 11.5 Å². The molecule has 0 spiro atoms. The van der Waals surface area contributed by atoms with Crippen molar-refractivity contribution in [3.63, 3.8) is 0 Å². The summed E-state index contributed by atoms with van der Waals surface area (Å²) < 4.78 is 38.0. The Bertz CT molecular complexity index is 879. The van der Waals surface area contributed by atoms with Crippen LogP contribution in [0.15, 0.2) is 27.8 Å². The molecular formula is C17H23N3O6S. The van der Waals surface area contributed by atoms with Gasteiger partial charge < -0.3 is 19.2 Å². The van der Waals surface area contributed by atoms with Crippen LogP contribution in [0.5, 0.6) is 11.5 Å². The standard InChI is InChI=1S/C17H23N3O6S/c1-24-13-9-8-12(11-14(13)25-2)16(21)18-10-6-4-5-7-15-19-20-17(26-15)27(3,22)23/h8-9,11H,4-7,10H2,1-3H3,(H,18,21). The number of nitrogens with one attached hydrogen (secondary N) is 1. The van der Waals surface area contributed by atoms with Crippen molar-refractivity contribution in [1.82, 2.24) is 15.5 Å². The summed E-state index contributed by atoms with van der Waals surface area (Å²) >= 11 is 0.